The number of aromatic nitrogens is 1. The molecule has 0 atom stereocenters. The molecule has 136 valence electrons. The first-order valence-corrected chi connectivity index (χ1v) is 9.27. The van der Waals surface area contributed by atoms with Crippen LogP contribution in [-0.2, 0) is 17.8 Å². The van der Waals surface area contributed by atoms with E-state index in [1.807, 2.05) is 46.5 Å². The lowest BCUT2D eigenvalue weighted by Gasteiger charge is -2.12. The highest BCUT2D eigenvalue weighted by molar-refractivity contribution is 7.09. The van der Waals surface area contributed by atoms with Gasteiger partial charge in [0.25, 0.3) is 0 Å². The number of amides is 3. The topological polar surface area (TPSA) is 66.4 Å². The third-order valence-corrected chi connectivity index (χ3v) is 5.01. The van der Waals surface area contributed by atoms with E-state index in [1.165, 1.54) is 4.88 Å². The van der Waals surface area contributed by atoms with E-state index in [0.29, 0.717) is 13.1 Å². The van der Waals surface area contributed by atoms with E-state index in [1.54, 1.807) is 30.3 Å². The van der Waals surface area contributed by atoms with Crippen LogP contribution in [0.2, 0.25) is 0 Å². The first-order chi connectivity index (χ1) is 12.5. The van der Waals surface area contributed by atoms with Crippen LogP contribution in [0.5, 0.6) is 0 Å². The van der Waals surface area contributed by atoms with Crippen molar-refractivity contribution in [1.82, 2.24) is 14.8 Å². The standard InChI is InChI=1S/C19H22N4O2S/c1-22(2)18(24)13-23-10-8-14-12-15(5-6-17(14)23)21-19(25)20-9-7-16-4-3-11-26-16/h3-6,8,10-12H,7,9,13H2,1-2H3,(H2,20,21,25). The number of benzene rings is 1. The minimum Gasteiger partial charge on any atom is -0.347 e. The zero-order valence-corrected chi connectivity index (χ0v) is 15.7. The number of carbonyl (C=O) groups is 2. The molecule has 3 aromatic rings. The normalized spacial score (nSPS) is 10.7. The second-order valence-electron chi connectivity index (χ2n) is 6.22. The second-order valence-corrected chi connectivity index (χ2v) is 7.25. The number of nitrogens with zero attached hydrogens (tertiary/aromatic N) is 2. The summed E-state index contributed by atoms with van der Waals surface area (Å²) < 4.78 is 1.91. The highest BCUT2D eigenvalue weighted by Gasteiger charge is 2.09. The van der Waals surface area contributed by atoms with Crippen LogP contribution in [0.1, 0.15) is 4.88 Å². The first kappa shape index (κ1) is 18.0. The zero-order valence-electron chi connectivity index (χ0n) is 14.9. The number of fused-ring (bicyclic) bond motifs is 1. The van der Waals surface area contributed by atoms with Gasteiger partial charge in [0.1, 0.15) is 6.54 Å². The van der Waals surface area contributed by atoms with Gasteiger partial charge in [-0.3, -0.25) is 4.79 Å². The van der Waals surface area contributed by atoms with Gasteiger partial charge in [-0.25, -0.2) is 4.79 Å². The SMILES string of the molecule is CN(C)C(=O)Cn1ccc2cc(NC(=O)NCCc3cccs3)ccc21. The van der Waals surface area contributed by atoms with Gasteiger partial charge in [-0.2, -0.15) is 0 Å². The molecule has 0 spiro atoms. The monoisotopic (exact) mass is 370 g/mol. The lowest BCUT2D eigenvalue weighted by Crippen LogP contribution is -2.30. The van der Waals surface area contributed by atoms with Gasteiger partial charge in [0.05, 0.1) is 0 Å². The smallest absolute Gasteiger partial charge is 0.319 e. The van der Waals surface area contributed by atoms with Crippen molar-refractivity contribution in [2.75, 3.05) is 26.0 Å². The largest absolute Gasteiger partial charge is 0.347 e. The summed E-state index contributed by atoms with van der Waals surface area (Å²) in [4.78, 5) is 26.7. The third-order valence-electron chi connectivity index (χ3n) is 4.07. The molecule has 2 heterocycles. The Kier molecular flexibility index (Phi) is 5.58. The zero-order chi connectivity index (χ0) is 18.5. The van der Waals surface area contributed by atoms with Crippen molar-refractivity contribution in [2.45, 2.75) is 13.0 Å². The van der Waals surface area contributed by atoms with Gasteiger partial charge in [0, 0.05) is 48.3 Å². The Morgan fingerprint density at radius 1 is 1.19 bits per heavy atom. The molecule has 0 bridgehead atoms. The maximum absolute atomic E-state index is 12.0. The highest BCUT2D eigenvalue weighted by Crippen LogP contribution is 2.20. The van der Waals surface area contributed by atoms with Crippen LogP contribution >= 0.6 is 11.3 Å². The number of anilines is 1. The van der Waals surface area contributed by atoms with Gasteiger partial charge in [-0.05, 0) is 42.1 Å². The molecule has 2 N–H and O–H groups in total. The van der Waals surface area contributed by atoms with Gasteiger partial charge in [0.2, 0.25) is 5.91 Å². The molecular formula is C19H22N4O2S. The maximum atomic E-state index is 12.0. The third kappa shape index (κ3) is 4.43. The van der Waals surface area contributed by atoms with Crippen molar-refractivity contribution in [2.24, 2.45) is 0 Å². The van der Waals surface area contributed by atoms with Crippen LogP contribution in [0, 0.1) is 0 Å². The molecule has 0 fully saturated rings. The Hall–Kier alpha value is -2.80. The Bertz CT molecular complexity index is 900. The fourth-order valence-corrected chi connectivity index (χ4v) is 3.34. The van der Waals surface area contributed by atoms with E-state index in [0.717, 1.165) is 23.0 Å². The maximum Gasteiger partial charge on any atom is 0.319 e. The molecule has 0 aliphatic rings. The summed E-state index contributed by atoms with van der Waals surface area (Å²) in [6.45, 7) is 0.893. The molecular weight excluding hydrogens is 348 g/mol. The average Bonchev–Trinajstić information content (AvgIpc) is 3.25. The minimum atomic E-state index is -0.219. The summed E-state index contributed by atoms with van der Waals surface area (Å²) in [7, 11) is 3.49. The van der Waals surface area contributed by atoms with Crippen molar-refractivity contribution < 1.29 is 9.59 Å². The molecule has 0 unspecified atom stereocenters. The van der Waals surface area contributed by atoms with Crippen LogP contribution in [-0.4, -0.2) is 42.0 Å². The quantitative estimate of drug-likeness (QED) is 0.700. The Morgan fingerprint density at radius 2 is 2.04 bits per heavy atom. The molecule has 0 aliphatic heterocycles. The molecule has 7 heteroatoms. The van der Waals surface area contributed by atoms with Crippen molar-refractivity contribution in [3.63, 3.8) is 0 Å². The summed E-state index contributed by atoms with van der Waals surface area (Å²) in [6.07, 6.45) is 2.71. The first-order valence-electron chi connectivity index (χ1n) is 8.39. The van der Waals surface area contributed by atoms with Crippen LogP contribution in [0.25, 0.3) is 10.9 Å². The van der Waals surface area contributed by atoms with E-state index in [2.05, 4.69) is 16.7 Å². The molecule has 1 aromatic carbocycles. The van der Waals surface area contributed by atoms with Crippen LogP contribution in [0.3, 0.4) is 0 Å². The molecule has 2 aromatic heterocycles. The summed E-state index contributed by atoms with van der Waals surface area (Å²) in [5.41, 5.74) is 1.69. The van der Waals surface area contributed by atoms with Gasteiger partial charge in [-0.15, -0.1) is 11.3 Å². The lowest BCUT2D eigenvalue weighted by atomic mass is 10.2. The number of hydrogen-bond acceptors (Lipinski definition) is 3. The predicted molar refractivity (Wildman–Crippen MR) is 106 cm³/mol. The Labute approximate surface area is 156 Å². The molecule has 26 heavy (non-hydrogen) atoms. The second kappa shape index (κ2) is 8.05. The fourth-order valence-electron chi connectivity index (χ4n) is 2.63. The van der Waals surface area contributed by atoms with Crippen molar-refractivity contribution in [3.05, 3.63) is 52.9 Å². The summed E-state index contributed by atoms with van der Waals surface area (Å²) in [5, 5.41) is 8.72. The lowest BCUT2D eigenvalue weighted by molar-refractivity contribution is -0.129. The van der Waals surface area contributed by atoms with Crippen molar-refractivity contribution >= 4 is 39.9 Å². The summed E-state index contributed by atoms with van der Waals surface area (Å²) >= 11 is 1.69. The highest BCUT2D eigenvalue weighted by atomic mass is 32.1. The molecule has 6 nitrogen and oxygen atoms in total. The van der Waals surface area contributed by atoms with Gasteiger partial charge in [0.15, 0.2) is 0 Å². The van der Waals surface area contributed by atoms with E-state index >= 15 is 0 Å². The number of rotatable bonds is 6. The van der Waals surface area contributed by atoms with Crippen LogP contribution in [0.15, 0.2) is 48.0 Å². The number of thiophene rings is 1. The molecule has 3 rings (SSSR count). The van der Waals surface area contributed by atoms with E-state index in [9.17, 15) is 9.59 Å². The average molecular weight is 370 g/mol. The van der Waals surface area contributed by atoms with Crippen LogP contribution in [0.4, 0.5) is 10.5 Å². The van der Waals surface area contributed by atoms with Gasteiger partial charge in [-0.1, -0.05) is 6.07 Å². The van der Waals surface area contributed by atoms with Crippen molar-refractivity contribution in [1.29, 1.82) is 0 Å². The number of carbonyl (C=O) groups excluding carboxylic acids is 2. The number of urea groups is 1. The van der Waals surface area contributed by atoms with E-state index < -0.39 is 0 Å². The molecule has 0 radical (unpaired) electrons. The van der Waals surface area contributed by atoms with Crippen molar-refractivity contribution in [3.8, 4) is 0 Å². The Balaban J connectivity index is 1.58. The molecule has 0 saturated heterocycles. The molecule has 0 saturated carbocycles. The summed E-state index contributed by atoms with van der Waals surface area (Å²) in [5.74, 6) is 0.0369. The van der Waals surface area contributed by atoms with E-state index in [4.69, 9.17) is 0 Å². The predicted octanol–water partition coefficient (Wildman–Crippen LogP) is 3.16. The van der Waals surface area contributed by atoms with Crippen LogP contribution < -0.4 is 10.6 Å². The number of likely N-dealkylation sites (N-methyl/N-ethyl adjacent to an activating group) is 1. The summed E-state index contributed by atoms with van der Waals surface area (Å²) in [6, 6.07) is 11.5. The molecule has 3 amide bonds. The Morgan fingerprint density at radius 3 is 2.77 bits per heavy atom. The minimum absolute atomic E-state index is 0.0369. The van der Waals surface area contributed by atoms with E-state index in [-0.39, 0.29) is 11.9 Å². The number of hydrogen-bond donors (Lipinski definition) is 2. The van der Waals surface area contributed by atoms with Gasteiger partial charge < -0.3 is 20.1 Å². The fraction of sp³-hybridized carbons (Fsp3) is 0.263. The molecule has 0 aliphatic carbocycles. The van der Waals surface area contributed by atoms with Gasteiger partial charge >= 0.3 is 6.03 Å². The number of nitrogens with one attached hydrogen (secondary N) is 2.